The number of hydrogen-bond acceptors (Lipinski definition) is 5. The van der Waals surface area contributed by atoms with Gasteiger partial charge in [0.1, 0.15) is 5.03 Å². The fourth-order valence-electron chi connectivity index (χ4n) is 1.60. The van der Waals surface area contributed by atoms with Crippen molar-refractivity contribution in [1.29, 1.82) is 0 Å². The first-order chi connectivity index (χ1) is 9.20. The predicted molar refractivity (Wildman–Crippen MR) is 71.5 cm³/mol. The van der Waals surface area contributed by atoms with Gasteiger partial charge < -0.3 is 5.11 Å². The van der Waals surface area contributed by atoms with Gasteiger partial charge in [0.15, 0.2) is 5.82 Å². The van der Waals surface area contributed by atoms with Crippen LogP contribution in [0.5, 0.6) is 0 Å². The fourth-order valence-corrected chi connectivity index (χ4v) is 2.34. The van der Waals surface area contributed by atoms with Crippen molar-refractivity contribution >= 4 is 17.7 Å². The van der Waals surface area contributed by atoms with Crippen LogP contribution in [0.4, 0.5) is 0 Å². The second kappa shape index (κ2) is 6.33. The largest absolute Gasteiger partial charge is 0.481 e. The van der Waals surface area contributed by atoms with Gasteiger partial charge in [-0.05, 0) is 24.6 Å². The van der Waals surface area contributed by atoms with Crippen molar-refractivity contribution < 1.29 is 9.90 Å². The molecule has 0 spiro atoms. The highest BCUT2D eigenvalue weighted by Crippen LogP contribution is 2.22. The Bertz CT molecular complexity index is 556. The Kier molecular flexibility index (Phi) is 4.51. The molecule has 0 radical (unpaired) electrons. The third-order valence-electron chi connectivity index (χ3n) is 2.35. The third-order valence-corrected chi connectivity index (χ3v) is 3.33. The average molecular weight is 278 g/mol. The molecule has 7 heteroatoms. The monoisotopic (exact) mass is 278 g/mol. The molecule has 0 bridgehead atoms. The summed E-state index contributed by atoms with van der Waals surface area (Å²) in [6, 6.07) is 5.47. The van der Waals surface area contributed by atoms with Crippen molar-refractivity contribution in [2.24, 2.45) is 0 Å². The number of thioether (sulfide) groups is 1. The van der Waals surface area contributed by atoms with Crippen LogP contribution < -0.4 is 0 Å². The van der Waals surface area contributed by atoms with Crippen LogP contribution in [-0.2, 0) is 11.2 Å². The zero-order chi connectivity index (χ0) is 13.7. The van der Waals surface area contributed by atoms with Crippen LogP contribution in [0.25, 0.3) is 5.82 Å². The van der Waals surface area contributed by atoms with Crippen LogP contribution in [0.3, 0.4) is 0 Å². The second-order valence-electron chi connectivity index (χ2n) is 3.90. The Hall–Kier alpha value is -1.89. The zero-order valence-corrected chi connectivity index (χ0v) is 11.3. The first kappa shape index (κ1) is 13.5. The lowest BCUT2D eigenvalue weighted by atomic mass is 10.3. The van der Waals surface area contributed by atoms with E-state index < -0.39 is 5.97 Å². The second-order valence-corrected chi connectivity index (χ2v) is 4.90. The molecule has 0 fully saturated rings. The molecule has 2 heterocycles. The van der Waals surface area contributed by atoms with Crippen molar-refractivity contribution in [2.45, 2.75) is 24.8 Å². The maximum Gasteiger partial charge on any atom is 0.313 e. The van der Waals surface area contributed by atoms with Crippen LogP contribution in [0.1, 0.15) is 19.0 Å². The summed E-state index contributed by atoms with van der Waals surface area (Å²) in [5.41, 5.74) is 0.932. The summed E-state index contributed by atoms with van der Waals surface area (Å²) in [4.78, 5) is 10.7. The van der Waals surface area contributed by atoms with E-state index in [0.29, 0.717) is 5.82 Å². The van der Waals surface area contributed by atoms with Crippen LogP contribution in [0.15, 0.2) is 29.4 Å². The molecule has 6 nitrogen and oxygen atoms in total. The molecule has 0 amide bonds. The summed E-state index contributed by atoms with van der Waals surface area (Å²) in [7, 11) is 0. The quantitative estimate of drug-likeness (QED) is 0.811. The smallest absolute Gasteiger partial charge is 0.313 e. The fraction of sp³-hybridized carbons (Fsp3) is 0.333. The van der Waals surface area contributed by atoms with Crippen LogP contribution in [0, 0.1) is 0 Å². The molecule has 0 atom stereocenters. The van der Waals surface area contributed by atoms with E-state index in [-0.39, 0.29) is 5.75 Å². The highest BCUT2D eigenvalue weighted by atomic mass is 32.2. The van der Waals surface area contributed by atoms with E-state index in [4.69, 9.17) is 5.11 Å². The van der Waals surface area contributed by atoms with Gasteiger partial charge in [-0.1, -0.05) is 25.1 Å². The van der Waals surface area contributed by atoms with Crippen LogP contribution in [-0.4, -0.2) is 36.8 Å². The summed E-state index contributed by atoms with van der Waals surface area (Å²) in [5, 5.41) is 21.8. The minimum Gasteiger partial charge on any atom is -0.481 e. The lowest BCUT2D eigenvalue weighted by Crippen LogP contribution is -2.04. The van der Waals surface area contributed by atoms with Crippen molar-refractivity contribution in [1.82, 2.24) is 20.0 Å². The molecule has 2 rings (SSSR count). The van der Waals surface area contributed by atoms with Crippen molar-refractivity contribution in [2.75, 3.05) is 5.75 Å². The number of aliphatic carboxylic acids is 1. The van der Waals surface area contributed by atoms with E-state index in [1.54, 1.807) is 23.0 Å². The number of carboxylic acid groups (broad SMARTS) is 1. The minimum atomic E-state index is -0.853. The standard InChI is InChI=1S/C12H14N4O2S/c1-2-4-9-7-11(19-8-12(17)18)16(15-9)10-5-3-6-13-14-10/h3,5-7H,2,4,8H2,1H3,(H,17,18). The van der Waals surface area contributed by atoms with Gasteiger partial charge in [0.05, 0.1) is 11.4 Å². The van der Waals surface area contributed by atoms with Crippen molar-refractivity contribution in [3.8, 4) is 5.82 Å². The Balaban J connectivity index is 2.31. The van der Waals surface area contributed by atoms with Gasteiger partial charge in [0, 0.05) is 6.20 Å². The number of aryl methyl sites for hydroxylation is 1. The van der Waals surface area contributed by atoms with Gasteiger partial charge in [-0.2, -0.15) is 10.2 Å². The summed E-state index contributed by atoms with van der Waals surface area (Å²) in [6.45, 7) is 2.07. The maximum atomic E-state index is 10.7. The molecule has 2 aromatic heterocycles. The molecule has 2 aromatic rings. The summed E-state index contributed by atoms with van der Waals surface area (Å²) in [5.74, 6) is -0.260. The molecule has 0 saturated carbocycles. The van der Waals surface area contributed by atoms with E-state index >= 15 is 0 Å². The molecule has 0 aliphatic carbocycles. The third kappa shape index (κ3) is 3.54. The summed E-state index contributed by atoms with van der Waals surface area (Å²) >= 11 is 1.23. The number of aromatic nitrogens is 4. The van der Waals surface area contributed by atoms with E-state index in [1.807, 2.05) is 6.07 Å². The van der Waals surface area contributed by atoms with Gasteiger partial charge in [-0.3, -0.25) is 4.79 Å². The molecule has 0 aromatic carbocycles. The normalized spacial score (nSPS) is 10.6. The van der Waals surface area contributed by atoms with E-state index in [9.17, 15) is 4.79 Å². The molecule has 0 saturated heterocycles. The van der Waals surface area contributed by atoms with E-state index in [1.165, 1.54) is 11.8 Å². The number of rotatable bonds is 6. The molecular weight excluding hydrogens is 264 g/mol. The van der Waals surface area contributed by atoms with Gasteiger partial charge >= 0.3 is 5.97 Å². The Morgan fingerprint density at radius 3 is 3.00 bits per heavy atom. The van der Waals surface area contributed by atoms with Gasteiger partial charge in [0.2, 0.25) is 0 Å². The molecular formula is C12H14N4O2S. The number of carbonyl (C=O) groups is 1. The van der Waals surface area contributed by atoms with Gasteiger partial charge in [-0.25, -0.2) is 4.68 Å². The average Bonchev–Trinajstić information content (AvgIpc) is 2.81. The first-order valence-electron chi connectivity index (χ1n) is 5.92. The molecule has 0 aliphatic heterocycles. The Morgan fingerprint density at radius 2 is 2.37 bits per heavy atom. The predicted octanol–water partition coefficient (Wildman–Crippen LogP) is 1.79. The number of nitrogens with zero attached hydrogens (tertiary/aromatic N) is 4. The lowest BCUT2D eigenvalue weighted by Gasteiger charge is -2.03. The van der Waals surface area contributed by atoms with E-state index in [0.717, 1.165) is 23.6 Å². The highest BCUT2D eigenvalue weighted by molar-refractivity contribution is 7.99. The Morgan fingerprint density at radius 1 is 1.53 bits per heavy atom. The van der Waals surface area contributed by atoms with E-state index in [2.05, 4.69) is 22.2 Å². The maximum absolute atomic E-state index is 10.7. The number of carboxylic acids is 1. The number of hydrogen-bond donors (Lipinski definition) is 1. The Labute approximate surface area is 114 Å². The van der Waals surface area contributed by atoms with Crippen molar-refractivity contribution in [3.63, 3.8) is 0 Å². The minimum absolute atomic E-state index is 0.00246. The van der Waals surface area contributed by atoms with Gasteiger partial charge in [0.25, 0.3) is 0 Å². The van der Waals surface area contributed by atoms with Gasteiger partial charge in [-0.15, -0.1) is 5.10 Å². The molecule has 0 unspecified atom stereocenters. The molecule has 100 valence electrons. The summed E-state index contributed by atoms with van der Waals surface area (Å²) in [6.07, 6.45) is 3.43. The molecule has 19 heavy (non-hydrogen) atoms. The van der Waals surface area contributed by atoms with Crippen LogP contribution >= 0.6 is 11.8 Å². The summed E-state index contributed by atoms with van der Waals surface area (Å²) < 4.78 is 1.64. The topological polar surface area (TPSA) is 80.9 Å². The first-order valence-corrected chi connectivity index (χ1v) is 6.91. The highest BCUT2D eigenvalue weighted by Gasteiger charge is 2.12. The molecule has 1 N–H and O–H groups in total. The van der Waals surface area contributed by atoms with Crippen LogP contribution in [0.2, 0.25) is 0 Å². The lowest BCUT2D eigenvalue weighted by molar-refractivity contribution is -0.133. The van der Waals surface area contributed by atoms with Crippen molar-refractivity contribution in [3.05, 3.63) is 30.1 Å². The molecule has 0 aliphatic rings. The zero-order valence-electron chi connectivity index (χ0n) is 10.5. The SMILES string of the molecule is CCCc1cc(SCC(=O)O)n(-c2cccnn2)n1.